The summed E-state index contributed by atoms with van der Waals surface area (Å²) in [6.07, 6.45) is 0.917. The van der Waals surface area contributed by atoms with Gasteiger partial charge in [-0.05, 0) is 26.0 Å². The van der Waals surface area contributed by atoms with Gasteiger partial charge in [-0.1, -0.05) is 6.07 Å². The zero-order chi connectivity index (χ0) is 15.7. The number of aromatic carboxylic acids is 1. The molecule has 0 heterocycles. The third-order valence-corrected chi connectivity index (χ3v) is 5.03. The second kappa shape index (κ2) is 5.12. The molecular formula is C12H15NO6S. The first kappa shape index (κ1) is 16.0. The molecule has 0 radical (unpaired) electrons. The number of anilines is 1. The second-order valence-corrected chi connectivity index (χ2v) is 7.31. The van der Waals surface area contributed by atoms with Crippen molar-refractivity contribution < 1.29 is 28.2 Å². The molecule has 0 saturated heterocycles. The van der Waals surface area contributed by atoms with Crippen molar-refractivity contribution in [2.45, 2.75) is 18.6 Å². The summed E-state index contributed by atoms with van der Waals surface area (Å²) in [6.45, 7) is 2.44. The van der Waals surface area contributed by atoms with E-state index in [9.17, 15) is 23.1 Å². The Kier molecular flexibility index (Phi) is 4.09. The first-order valence-electron chi connectivity index (χ1n) is 5.55. The van der Waals surface area contributed by atoms with Gasteiger partial charge in [-0.2, -0.15) is 0 Å². The van der Waals surface area contributed by atoms with E-state index >= 15 is 0 Å². The van der Waals surface area contributed by atoms with Crippen molar-refractivity contribution >= 4 is 27.4 Å². The summed E-state index contributed by atoms with van der Waals surface area (Å²) in [5.74, 6) is -2.85. The highest BCUT2D eigenvalue weighted by Crippen LogP contribution is 2.29. The quantitative estimate of drug-likeness (QED) is 0.709. The Bertz CT molecular complexity index is 663. The molecule has 0 unspecified atom stereocenters. The second-order valence-electron chi connectivity index (χ2n) is 4.74. The molecule has 1 aromatic carbocycles. The summed E-state index contributed by atoms with van der Waals surface area (Å²) in [5.41, 5.74) is -0.549. The van der Waals surface area contributed by atoms with Crippen molar-refractivity contribution in [3.8, 4) is 5.75 Å². The van der Waals surface area contributed by atoms with Crippen LogP contribution in [0.3, 0.4) is 0 Å². The van der Waals surface area contributed by atoms with Gasteiger partial charge in [0, 0.05) is 6.26 Å². The summed E-state index contributed by atoms with van der Waals surface area (Å²) in [6, 6.07) is 3.76. The number of para-hydroxylation sites is 1. The summed E-state index contributed by atoms with van der Waals surface area (Å²) < 4.78 is 21.3. The van der Waals surface area contributed by atoms with Gasteiger partial charge in [0.15, 0.2) is 15.6 Å². The normalized spacial score (nSPS) is 11.9. The van der Waals surface area contributed by atoms with E-state index in [1.165, 1.54) is 26.0 Å². The van der Waals surface area contributed by atoms with Crippen molar-refractivity contribution in [2.24, 2.45) is 0 Å². The first-order chi connectivity index (χ1) is 8.98. The number of amides is 1. The van der Waals surface area contributed by atoms with Gasteiger partial charge in [0.1, 0.15) is 10.3 Å². The van der Waals surface area contributed by atoms with Crippen molar-refractivity contribution in [1.29, 1.82) is 0 Å². The van der Waals surface area contributed by atoms with Crippen molar-refractivity contribution in [2.75, 3.05) is 11.6 Å². The van der Waals surface area contributed by atoms with Gasteiger partial charge < -0.3 is 15.5 Å². The van der Waals surface area contributed by atoms with Crippen LogP contribution in [0.15, 0.2) is 18.2 Å². The molecule has 0 aliphatic carbocycles. The highest BCUT2D eigenvalue weighted by Gasteiger charge is 2.38. The molecule has 0 aliphatic heterocycles. The van der Waals surface area contributed by atoms with Crippen LogP contribution < -0.4 is 5.32 Å². The topological polar surface area (TPSA) is 121 Å². The molecule has 1 rings (SSSR count). The van der Waals surface area contributed by atoms with Crippen LogP contribution in [0.2, 0.25) is 0 Å². The molecule has 0 fully saturated rings. The Morgan fingerprint density at radius 3 is 2.25 bits per heavy atom. The number of aromatic hydroxyl groups is 1. The van der Waals surface area contributed by atoms with Crippen LogP contribution in [0.5, 0.6) is 5.75 Å². The van der Waals surface area contributed by atoms with E-state index in [-0.39, 0.29) is 11.3 Å². The number of benzene rings is 1. The predicted molar refractivity (Wildman–Crippen MR) is 72.6 cm³/mol. The van der Waals surface area contributed by atoms with Gasteiger partial charge in [-0.3, -0.25) is 4.79 Å². The van der Waals surface area contributed by atoms with Gasteiger partial charge in [0.2, 0.25) is 5.91 Å². The summed E-state index contributed by atoms with van der Waals surface area (Å²) in [4.78, 5) is 22.8. The van der Waals surface area contributed by atoms with E-state index in [4.69, 9.17) is 5.11 Å². The highest BCUT2D eigenvalue weighted by atomic mass is 32.2. The number of carboxylic acid groups (broad SMARTS) is 1. The number of carbonyl (C=O) groups excluding carboxylic acids is 1. The number of hydrogen-bond donors (Lipinski definition) is 3. The highest BCUT2D eigenvalue weighted by molar-refractivity contribution is 7.92. The van der Waals surface area contributed by atoms with Gasteiger partial charge in [-0.25, -0.2) is 13.2 Å². The van der Waals surface area contributed by atoms with E-state index in [1.807, 2.05) is 0 Å². The summed E-state index contributed by atoms with van der Waals surface area (Å²) in [7, 11) is -3.67. The molecule has 3 N–H and O–H groups in total. The summed E-state index contributed by atoms with van der Waals surface area (Å²) in [5, 5.41) is 20.8. The van der Waals surface area contributed by atoms with Crippen molar-refractivity contribution in [3.05, 3.63) is 23.8 Å². The number of phenols is 1. The average Bonchev–Trinajstić information content (AvgIpc) is 2.29. The molecule has 0 spiro atoms. The fourth-order valence-electron chi connectivity index (χ4n) is 1.26. The smallest absolute Gasteiger partial charge is 0.339 e. The van der Waals surface area contributed by atoms with E-state index < -0.39 is 32.2 Å². The van der Waals surface area contributed by atoms with Gasteiger partial charge in [0.25, 0.3) is 0 Å². The fourth-order valence-corrected chi connectivity index (χ4v) is 1.65. The largest absolute Gasteiger partial charge is 0.505 e. The Morgan fingerprint density at radius 1 is 1.25 bits per heavy atom. The molecule has 7 nitrogen and oxygen atoms in total. The maximum Gasteiger partial charge on any atom is 0.339 e. The minimum absolute atomic E-state index is 0.161. The average molecular weight is 301 g/mol. The fraction of sp³-hybridized carbons (Fsp3) is 0.333. The molecule has 0 aromatic heterocycles. The Hall–Kier alpha value is -2.09. The Labute approximate surface area is 116 Å². The number of nitrogens with one attached hydrogen (secondary N) is 1. The van der Waals surface area contributed by atoms with E-state index in [0.29, 0.717) is 0 Å². The lowest BCUT2D eigenvalue weighted by molar-refractivity contribution is -0.117. The predicted octanol–water partition coefficient (Wildman–Crippen LogP) is 0.852. The van der Waals surface area contributed by atoms with Crippen LogP contribution >= 0.6 is 0 Å². The number of hydrogen-bond acceptors (Lipinski definition) is 5. The third kappa shape index (κ3) is 2.90. The standard InChI is InChI=1S/C12H15NO6S/c1-12(2,20(3,18)19)11(17)13-8-6-4-5-7(9(8)14)10(15)16/h4-6,14H,1-3H3,(H,13,17)(H,15,16). The van der Waals surface area contributed by atoms with Crippen LogP contribution in [0.1, 0.15) is 24.2 Å². The molecule has 0 atom stereocenters. The van der Waals surface area contributed by atoms with E-state index in [2.05, 4.69) is 5.32 Å². The third-order valence-electron chi connectivity index (χ3n) is 2.99. The van der Waals surface area contributed by atoms with Crippen LogP contribution in [0, 0.1) is 0 Å². The summed E-state index contributed by atoms with van der Waals surface area (Å²) >= 11 is 0. The minimum Gasteiger partial charge on any atom is -0.505 e. The molecule has 1 aromatic rings. The lowest BCUT2D eigenvalue weighted by atomic mass is 10.1. The van der Waals surface area contributed by atoms with Crippen molar-refractivity contribution in [1.82, 2.24) is 0 Å². The molecule has 0 aliphatic rings. The van der Waals surface area contributed by atoms with Crippen LogP contribution in [-0.4, -0.2) is 41.5 Å². The monoisotopic (exact) mass is 301 g/mol. The zero-order valence-electron chi connectivity index (χ0n) is 11.2. The molecule has 0 bridgehead atoms. The zero-order valence-corrected chi connectivity index (χ0v) is 12.0. The van der Waals surface area contributed by atoms with E-state index in [0.717, 1.165) is 12.3 Å². The molecule has 20 heavy (non-hydrogen) atoms. The lowest BCUT2D eigenvalue weighted by Crippen LogP contribution is -2.43. The van der Waals surface area contributed by atoms with E-state index in [1.54, 1.807) is 0 Å². The Morgan fingerprint density at radius 2 is 1.80 bits per heavy atom. The van der Waals surface area contributed by atoms with Gasteiger partial charge in [0.05, 0.1) is 5.69 Å². The molecule has 1 amide bonds. The minimum atomic E-state index is -3.67. The SMILES string of the molecule is CC(C)(C(=O)Nc1cccc(C(=O)O)c1O)S(C)(=O)=O. The first-order valence-corrected chi connectivity index (χ1v) is 7.44. The maximum absolute atomic E-state index is 12.0. The van der Waals surface area contributed by atoms with Crippen LogP contribution in [0.4, 0.5) is 5.69 Å². The Balaban J connectivity index is 3.16. The van der Waals surface area contributed by atoms with Gasteiger partial charge in [-0.15, -0.1) is 0 Å². The number of rotatable bonds is 4. The van der Waals surface area contributed by atoms with Crippen molar-refractivity contribution in [3.63, 3.8) is 0 Å². The molecular weight excluding hydrogens is 286 g/mol. The van der Waals surface area contributed by atoms with Gasteiger partial charge >= 0.3 is 5.97 Å². The lowest BCUT2D eigenvalue weighted by Gasteiger charge is -2.21. The molecule has 8 heteroatoms. The molecule has 110 valence electrons. The molecule has 0 saturated carbocycles. The van der Waals surface area contributed by atoms with Crippen LogP contribution in [0.25, 0.3) is 0 Å². The number of sulfone groups is 1. The number of carbonyl (C=O) groups is 2. The van der Waals surface area contributed by atoms with Crippen LogP contribution in [-0.2, 0) is 14.6 Å². The number of carboxylic acids is 1. The maximum atomic E-state index is 12.0.